The summed E-state index contributed by atoms with van der Waals surface area (Å²) in [7, 11) is 1.83. The Hall–Kier alpha value is -3.74. The van der Waals surface area contributed by atoms with Crippen molar-refractivity contribution in [2.24, 2.45) is 28.6 Å². The lowest BCUT2D eigenvalue weighted by molar-refractivity contribution is -0.174. The Kier molecular flexibility index (Phi) is 13.3. The monoisotopic (exact) mass is 885 g/mol. The van der Waals surface area contributed by atoms with Crippen LogP contribution in [0.3, 0.4) is 0 Å². The number of ether oxygens (including phenoxy) is 2. The first kappa shape index (κ1) is 45.8. The van der Waals surface area contributed by atoms with Crippen molar-refractivity contribution < 1.29 is 24.2 Å². The van der Waals surface area contributed by atoms with Crippen LogP contribution in [0.4, 0.5) is 0 Å². The van der Waals surface area contributed by atoms with Gasteiger partial charge in [0.05, 0.1) is 28.1 Å². The molecule has 2 aromatic carbocycles. The minimum atomic E-state index is -0.996. The molecule has 3 saturated heterocycles. The van der Waals surface area contributed by atoms with Gasteiger partial charge in [0.25, 0.3) is 0 Å². The topological polar surface area (TPSA) is 154 Å². The van der Waals surface area contributed by atoms with E-state index in [-0.39, 0.29) is 65.1 Å². The maximum Gasteiger partial charge on any atom is 0.244 e. The van der Waals surface area contributed by atoms with E-state index in [1.807, 2.05) is 39.2 Å². The second-order valence-electron chi connectivity index (χ2n) is 20.7. The number of hydrogen-bond acceptors (Lipinski definition) is 11. The summed E-state index contributed by atoms with van der Waals surface area (Å²) >= 11 is 6.28. The molecule has 2 aromatic rings. The van der Waals surface area contributed by atoms with E-state index >= 15 is 0 Å². The number of piperazine rings is 1. The van der Waals surface area contributed by atoms with E-state index in [0.29, 0.717) is 35.3 Å². The summed E-state index contributed by atoms with van der Waals surface area (Å²) in [6.07, 6.45) is 8.52. The first-order valence-electron chi connectivity index (χ1n) is 23.3. The van der Waals surface area contributed by atoms with Gasteiger partial charge in [-0.2, -0.15) is 5.26 Å². The van der Waals surface area contributed by atoms with Crippen molar-refractivity contribution >= 4 is 29.0 Å². The maximum atomic E-state index is 13.6. The van der Waals surface area contributed by atoms with E-state index in [4.69, 9.17) is 21.1 Å². The van der Waals surface area contributed by atoms with E-state index < -0.39 is 5.60 Å². The summed E-state index contributed by atoms with van der Waals surface area (Å²) in [5.74, 6) is 2.09. The molecule has 13 nitrogen and oxygen atoms in total. The Bertz CT molecular complexity index is 2060. The van der Waals surface area contributed by atoms with Crippen LogP contribution in [0.15, 0.2) is 42.6 Å². The number of benzene rings is 2. The smallest absolute Gasteiger partial charge is 0.244 e. The number of carbonyl (C=O) groups is 2. The lowest BCUT2D eigenvalue weighted by Crippen LogP contribution is -2.75. The van der Waals surface area contributed by atoms with Crippen molar-refractivity contribution in [3.63, 3.8) is 0 Å². The number of halogens is 1. The van der Waals surface area contributed by atoms with Gasteiger partial charge in [-0.05, 0) is 107 Å². The van der Waals surface area contributed by atoms with E-state index in [0.717, 1.165) is 87.4 Å². The van der Waals surface area contributed by atoms with Gasteiger partial charge in [-0.3, -0.25) is 25.1 Å². The molecule has 0 radical (unpaired) electrons. The third-order valence-electron chi connectivity index (χ3n) is 14.9. The molecule has 2 aliphatic carbocycles. The van der Waals surface area contributed by atoms with Crippen molar-refractivity contribution in [2.45, 2.75) is 116 Å². The molecule has 4 aliphatic heterocycles. The van der Waals surface area contributed by atoms with Gasteiger partial charge >= 0.3 is 0 Å². The van der Waals surface area contributed by atoms with Crippen molar-refractivity contribution in [3.05, 3.63) is 64.3 Å². The summed E-state index contributed by atoms with van der Waals surface area (Å²) in [4.78, 5) is 33.4. The second kappa shape index (κ2) is 18.3. The zero-order valence-electron chi connectivity index (χ0n) is 38.3. The fourth-order valence-electron chi connectivity index (χ4n) is 11.3. The summed E-state index contributed by atoms with van der Waals surface area (Å²) in [5, 5.41) is 34.6. The van der Waals surface area contributed by atoms with Crippen LogP contribution in [0, 0.1) is 39.9 Å². The van der Waals surface area contributed by atoms with Gasteiger partial charge in [0.1, 0.15) is 36.1 Å². The maximum absolute atomic E-state index is 13.6. The molecule has 6 aliphatic rings. The van der Waals surface area contributed by atoms with E-state index in [2.05, 4.69) is 70.9 Å². The average Bonchev–Trinajstić information content (AvgIpc) is 3.99. The Morgan fingerprint density at radius 2 is 1.73 bits per heavy atom. The Morgan fingerprint density at radius 3 is 2.38 bits per heavy atom. The van der Waals surface area contributed by atoms with Crippen LogP contribution in [-0.4, -0.2) is 122 Å². The Balaban J connectivity index is 0.776. The van der Waals surface area contributed by atoms with E-state index in [1.165, 1.54) is 12.8 Å². The standard InChI is InChI=1S/C49H69ClN8O5/c1-47(2)44(48(3,4)45(47)62-34-15-13-31(26-51)38(50)25-34)55-42(59)32-27-53-46(54-28-32)58-22-20-57(21-23-58)19-9-8-10-39(30-11-12-30)63-40-16-14-33(49(5,6)61)24-36(40)37-29-56(7)43(60)41-35(37)17-18-52-41/h13-16,24-25,29-30,32,35,39,41,44-46,52-54,61H,8-12,17-23,27-28H2,1-7H3,(H,55,59). The van der Waals surface area contributed by atoms with E-state index in [1.54, 1.807) is 23.1 Å². The quantitative estimate of drug-likeness (QED) is 0.149. The minimum absolute atomic E-state index is 0.0461. The molecule has 0 bridgehead atoms. The number of nitriles is 1. The first-order chi connectivity index (χ1) is 29.9. The van der Waals surface area contributed by atoms with Crippen LogP contribution in [0.5, 0.6) is 11.5 Å². The fraction of sp³-hybridized carbons (Fsp3) is 0.653. The molecular formula is C49H69ClN8O5. The zero-order valence-corrected chi connectivity index (χ0v) is 39.1. The predicted octanol–water partition coefficient (Wildman–Crippen LogP) is 5.27. The van der Waals surface area contributed by atoms with E-state index in [9.17, 15) is 20.0 Å². The van der Waals surface area contributed by atoms with Crippen molar-refractivity contribution in [1.82, 2.24) is 36.0 Å². The van der Waals surface area contributed by atoms with Gasteiger partial charge in [0, 0.05) is 86.9 Å². The van der Waals surface area contributed by atoms with Crippen LogP contribution >= 0.6 is 11.6 Å². The Labute approximate surface area is 379 Å². The molecule has 0 aromatic heterocycles. The number of likely N-dealkylation sites (N-methyl/N-ethyl adjacent to an activating group) is 1. The molecule has 342 valence electrons. The minimum Gasteiger partial charge on any atom is -0.490 e. The fourth-order valence-corrected chi connectivity index (χ4v) is 11.5. The molecule has 5 fully saturated rings. The molecule has 2 amide bonds. The third kappa shape index (κ3) is 9.65. The molecule has 14 heteroatoms. The molecule has 5 N–H and O–H groups in total. The highest BCUT2D eigenvalue weighted by Crippen LogP contribution is 2.56. The summed E-state index contributed by atoms with van der Waals surface area (Å²) in [6, 6.07) is 13.0. The van der Waals surface area contributed by atoms with Gasteiger partial charge < -0.3 is 35.0 Å². The van der Waals surface area contributed by atoms with Gasteiger partial charge in [0.15, 0.2) is 0 Å². The zero-order chi connectivity index (χ0) is 44.8. The van der Waals surface area contributed by atoms with Gasteiger partial charge in [-0.25, -0.2) is 0 Å². The molecule has 2 saturated carbocycles. The third-order valence-corrected chi connectivity index (χ3v) is 15.2. The molecule has 8 rings (SSSR count). The Morgan fingerprint density at radius 1 is 1.02 bits per heavy atom. The van der Waals surface area contributed by atoms with Crippen LogP contribution in [0.2, 0.25) is 5.02 Å². The molecule has 63 heavy (non-hydrogen) atoms. The van der Waals surface area contributed by atoms with Gasteiger partial charge in [-0.1, -0.05) is 45.4 Å². The van der Waals surface area contributed by atoms with Crippen LogP contribution < -0.4 is 30.7 Å². The number of hydrogen-bond donors (Lipinski definition) is 5. The van der Waals surface area contributed by atoms with Gasteiger partial charge in [-0.15, -0.1) is 0 Å². The lowest BCUT2D eigenvalue weighted by atomic mass is 9.49. The largest absolute Gasteiger partial charge is 0.490 e. The highest BCUT2D eigenvalue weighted by atomic mass is 35.5. The number of nitrogens with zero attached hydrogens (tertiary/aromatic N) is 4. The highest BCUT2D eigenvalue weighted by molar-refractivity contribution is 6.31. The van der Waals surface area contributed by atoms with Crippen LogP contribution in [0.1, 0.15) is 96.8 Å². The molecule has 3 unspecified atom stereocenters. The number of unbranched alkanes of at least 4 members (excludes halogenated alkanes) is 1. The van der Waals surface area contributed by atoms with Crippen LogP contribution in [0.25, 0.3) is 5.57 Å². The average molecular weight is 886 g/mol. The summed E-state index contributed by atoms with van der Waals surface area (Å²) in [6.45, 7) is 19.2. The number of amides is 2. The van der Waals surface area contributed by atoms with Crippen molar-refractivity contribution in [2.75, 3.05) is 59.4 Å². The number of carbonyl (C=O) groups excluding carboxylic acids is 2. The SMILES string of the molecule is CN1C=C(c2cc(C(C)(C)O)ccc2OC(CCCCN2CCN(C3NCC(C(=O)NC4C(C)(C)C(Oc5ccc(C#N)c(Cl)c5)C4(C)C)CN3)CC2)C2CC2)C2CCNC2C1=O. The second-order valence-corrected chi connectivity index (χ2v) is 21.2. The summed E-state index contributed by atoms with van der Waals surface area (Å²) in [5.41, 5.74) is 1.73. The first-order valence-corrected chi connectivity index (χ1v) is 23.7. The predicted molar refractivity (Wildman–Crippen MR) is 245 cm³/mol. The number of aliphatic hydroxyl groups is 1. The van der Waals surface area contributed by atoms with Crippen molar-refractivity contribution in [1.29, 1.82) is 5.26 Å². The molecule has 3 atom stereocenters. The normalized spacial score (nSPS) is 28.9. The van der Waals surface area contributed by atoms with Gasteiger partial charge in [0.2, 0.25) is 11.8 Å². The molecule has 0 spiro atoms. The number of nitrogens with one attached hydrogen (secondary N) is 4. The number of fused-ring (bicyclic) bond motifs is 1. The lowest BCUT2D eigenvalue weighted by Gasteiger charge is -2.63. The number of rotatable bonds is 15. The molecular weight excluding hydrogens is 816 g/mol. The van der Waals surface area contributed by atoms with Crippen LogP contribution in [-0.2, 0) is 15.2 Å². The summed E-state index contributed by atoms with van der Waals surface area (Å²) < 4.78 is 13.4. The van der Waals surface area contributed by atoms with Crippen molar-refractivity contribution in [3.8, 4) is 17.6 Å². The molecule has 4 heterocycles. The highest BCUT2D eigenvalue weighted by Gasteiger charge is 2.64.